The number of amides is 2. The predicted octanol–water partition coefficient (Wildman–Crippen LogP) is 0.647. The first kappa shape index (κ1) is 14.3. The third-order valence-corrected chi connectivity index (χ3v) is 3.96. The van der Waals surface area contributed by atoms with Crippen LogP contribution in [0.5, 0.6) is 0 Å². The van der Waals surface area contributed by atoms with Crippen LogP contribution in [0.4, 0.5) is 0 Å². The van der Waals surface area contributed by atoms with E-state index in [0.717, 1.165) is 45.2 Å². The molecule has 19 heavy (non-hydrogen) atoms. The molecular weight excluding hydrogens is 242 g/mol. The minimum atomic E-state index is -0.0253. The fourth-order valence-corrected chi connectivity index (χ4v) is 2.78. The third-order valence-electron chi connectivity index (χ3n) is 3.96. The van der Waals surface area contributed by atoms with Crippen LogP contribution >= 0.6 is 0 Å². The topological polar surface area (TPSA) is 61.4 Å². The van der Waals surface area contributed by atoms with Crippen LogP contribution in [0.1, 0.15) is 44.9 Å². The standard InChI is InChI=1S/C14H25N3O2/c18-13(16-10-12-6-5-8-15-12)11-17-9-4-2-1-3-7-14(17)19/h12,15H,1-11H2,(H,16,18). The fourth-order valence-electron chi connectivity index (χ4n) is 2.78. The van der Waals surface area contributed by atoms with Crippen molar-refractivity contribution in [2.45, 2.75) is 51.0 Å². The van der Waals surface area contributed by atoms with Gasteiger partial charge in [-0.2, -0.15) is 0 Å². The average Bonchev–Trinajstić information content (AvgIpc) is 2.89. The van der Waals surface area contributed by atoms with Crippen LogP contribution in [-0.4, -0.2) is 48.9 Å². The van der Waals surface area contributed by atoms with E-state index in [1.54, 1.807) is 4.90 Å². The molecule has 0 aromatic carbocycles. The van der Waals surface area contributed by atoms with Gasteiger partial charge in [-0.3, -0.25) is 9.59 Å². The second-order valence-corrected chi connectivity index (χ2v) is 5.58. The minimum Gasteiger partial charge on any atom is -0.353 e. The molecule has 2 saturated heterocycles. The summed E-state index contributed by atoms with van der Waals surface area (Å²) in [6.45, 7) is 2.69. The summed E-state index contributed by atoms with van der Waals surface area (Å²) in [6.07, 6.45) is 7.19. The molecule has 108 valence electrons. The number of nitrogens with zero attached hydrogens (tertiary/aromatic N) is 1. The van der Waals surface area contributed by atoms with Gasteiger partial charge in [-0.1, -0.05) is 12.8 Å². The molecule has 2 heterocycles. The first-order valence-electron chi connectivity index (χ1n) is 7.53. The maximum absolute atomic E-state index is 11.9. The quantitative estimate of drug-likeness (QED) is 0.786. The summed E-state index contributed by atoms with van der Waals surface area (Å²) in [4.78, 5) is 25.5. The highest BCUT2D eigenvalue weighted by Crippen LogP contribution is 2.11. The zero-order valence-electron chi connectivity index (χ0n) is 11.6. The molecule has 0 aliphatic carbocycles. The van der Waals surface area contributed by atoms with Crippen LogP contribution < -0.4 is 10.6 Å². The number of carbonyl (C=O) groups is 2. The van der Waals surface area contributed by atoms with Gasteiger partial charge in [-0.15, -0.1) is 0 Å². The van der Waals surface area contributed by atoms with E-state index < -0.39 is 0 Å². The Kier molecular flexibility index (Phi) is 5.63. The van der Waals surface area contributed by atoms with Gasteiger partial charge in [0.2, 0.25) is 11.8 Å². The lowest BCUT2D eigenvalue weighted by molar-refractivity contribution is -0.136. The summed E-state index contributed by atoms with van der Waals surface area (Å²) in [5.74, 6) is 0.108. The zero-order valence-corrected chi connectivity index (χ0v) is 11.6. The molecule has 1 atom stereocenters. The molecule has 2 fully saturated rings. The molecule has 0 radical (unpaired) electrons. The number of hydrogen-bond acceptors (Lipinski definition) is 3. The highest BCUT2D eigenvalue weighted by molar-refractivity contribution is 5.84. The summed E-state index contributed by atoms with van der Waals surface area (Å²) in [5, 5.41) is 6.28. The van der Waals surface area contributed by atoms with E-state index in [1.807, 2.05) is 0 Å². The van der Waals surface area contributed by atoms with E-state index in [2.05, 4.69) is 10.6 Å². The Labute approximate surface area is 115 Å². The Morgan fingerprint density at radius 1 is 1.26 bits per heavy atom. The second-order valence-electron chi connectivity index (χ2n) is 5.58. The number of carbonyl (C=O) groups excluding carboxylic acids is 2. The second kappa shape index (κ2) is 7.48. The van der Waals surface area contributed by atoms with Crippen LogP contribution in [0.25, 0.3) is 0 Å². The van der Waals surface area contributed by atoms with Gasteiger partial charge in [-0.05, 0) is 32.2 Å². The molecule has 0 aromatic rings. The van der Waals surface area contributed by atoms with Crippen molar-refractivity contribution in [3.05, 3.63) is 0 Å². The lowest BCUT2D eigenvalue weighted by Crippen LogP contribution is -2.44. The summed E-state index contributed by atoms with van der Waals surface area (Å²) in [5.41, 5.74) is 0. The van der Waals surface area contributed by atoms with Crippen molar-refractivity contribution >= 4 is 11.8 Å². The molecule has 5 nitrogen and oxygen atoms in total. The van der Waals surface area contributed by atoms with Gasteiger partial charge in [0.25, 0.3) is 0 Å². The Balaban J connectivity index is 1.71. The van der Waals surface area contributed by atoms with Crippen molar-refractivity contribution in [2.75, 3.05) is 26.2 Å². The zero-order chi connectivity index (χ0) is 13.5. The lowest BCUT2D eigenvalue weighted by atomic mass is 10.1. The Morgan fingerprint density at radius 2 is 2.11 bits per heavy atom. The number of rotatable bonds is 4. The molecule has 5 heteroatoms. The largest absolute Gasteiger partial charge is 0.353 e. The van der Waals surface area contributed by atoms with E-state index in [4.69, 9.17) is 0 Å². The molecular formula is C14H25N3O2. The predicted molar refractivity (Wildman–Crippen MR) is 73.7 cm³/mol. The lowest BCUT2D eigenvalue weighted by Gasteiger charge is -2.24. The van der Waals surface area contributed by atoms with Crippen molar-refractivity contribution in [1.29, 1.82) is 0 Å². The van der Waals surface area contributed by atoms with E-state index >= 15 is 0 Å². The first-order valence-corrected chi connectivity index (χ1v) is 7.53. The summed E-state index contributed by atoms with van der Waals surface area (Å²) in [6, 6.07) is 0.409. The molecule has 0 bridgehead atoms. The van der Waals surface area contributed by atoms with Crippen LogP contribution in [0.2, 0.25) is 0 Å². The van der Waals surface area contributed by atoms with Gasteiger partial charge in [0, 0.05) is 25.6 Å². The summed E-state index contributed by atoms with van der Waals surface area (Å²) < 4.78 is 0. The molecule has 2 aliphatic rings. The van der Waals surface area contributed by atoms with Crippen molar-refractivity contribution in [2.24, 2.45) is 0 Å². The SMILES string of the molecule is O=C(CN1CCCCCCC1=O)NCC1CCCN1. The van der Waals surface area contributed by atoms with Crippen LogP contribution in [0.15, 0.2) is 0 Å². The number of likely N-dealkylation sites (tertiary alicyclic amines) is 1. The van der Waals surface area contributed by atoms with Gasteiger partial charge in [0.15, 0.2) is 0 Å². The van der Waals surface area contributed by atoms with E-state index in [0.29, 0.717) is 19.0 Å². The fraction of sp³-hybridized carbons (Fsp3) is 0.857. The molecule has 2 rings (SSSR count). The number of hydrogen-bond donors (Lipinski definition) is 2. The molecule has 0 spiro atoms. The third kappa shape index (κ3) is 4.82. The van der Waals surface area contributed by atoms with Crippen molar-refractivity contribution in [1.82, 2.24) is 15.5 Å². The Hall–Kier alpha value is -1.10. The molecule has 0 aromatic heterocycles. The molecule has 2 N–H and O–H groups in total. The molecule has 0 saturated carbocycles. The highest BCUT2D eigenvalue weighted by atomic mass is 16.2. The van der Waals surface area contributed by atoms with Gasteiger partial charge in [0.05, 0.1) is 6.54 Å². The first-order chi connectivity index (χ1) is 9.25. The maximum Gasteiger partial charge on any atom is 0.239 e. The smallest absolute Gasteiger partial charge is 0.239 e. The maximum atomic E-state index is 11.9. The van der Waals surface area contributed by atoms with Crippen LogP contribution in [-0.2, 0) is 9.59 Å². The monoisotopic (exact) mass is 267 g/mol. The van der Waals surface area contributed by atoms with Gasteiger partial charge in [0.1, 0.15) is 0 Å². The van der Waals surface area contributed by atoms with Crippen LogP contribution in [0.3, 0.4) is 0 Å². The average molecular weight is 267 g/mol. The molecule has 2 aliphatic heterocycles. The van der Waals surface area contributed by atoms with Gasteiger partial charge >= 0.3 is 0 Å². The minimum absolute atomic E-state index is 0.0253. The van der Waals surface area contributed by atoms with E-state index in [9.17, 15) is 9.59 Å². The normalized spacial score (nSPS) is 24.9. The Morgan fingerprint density at radius 3 is 2.89 bits per heavy atom. The molecule has 2 amide bonds. The Bertz CT molecular complexity index is 314. The van der Waals surface area contributed by atoms with E-state index in [1.165, 1.54) is 6.42 Å². The van der Waals surface area contributed by atoms with Crippen molar-refractivity contribution in [3.63, 3.8) is 0 Å². The summed E-state index contributed by atoms with van der Waals surface area (Å²) in [7, 11) is 0. The number of nitrogens with one attached hydrogen (secondary N) is 2. The summed E-state index contributed by atoms with van der Waals surface area (Å²) >= 11 is 0. The van der Waals surface area contributed by atoms with Crippen molar-refractivity contribution in [3.8, 4) is 0 Å². The molecule has 1 unspecified atom stereocenters. The van der Waals surface area contributed by atoms with E-state index in [-0.39, 0.29) is 18.4 Å². The van der Waals surface area contributed by atoms with Gasteiger partial charge in [-0.25, -0.2) is 0 Å². The highest BCUT2D eigenvalue weighted by Gasteiger charge is 2.19. The van der Waals surface area contributed by atoms with Crippen LogP contribution in [0, 0.1) is 0 Å². The van der Waals surface area contributed by atoms with Gasteiger partial charge < -0.3 is 15.5 Å². The van der Waals surface area contributed by atoms with Crippen molar-refractivity contribution < 1.29 is 9.59 Å².